The Morgan fingerprint density at radius 1 is 0.483 bits per heavy atom. The van der Waals surface area contributed by atoms with Crippen LogP contribution in [0.3, 0.4) is 0 Å². The lowest BCUT2D eigenvalue weighted by Gasteiger charge is -2.35. The van der Waals surface area contributed by atoms with Crippen molar-refractivity contribution < 1.29 is 0 Å². The fourth-order valence-electron chi connectivity index (χ4n) is 5.42. The standard InChI is InChI=1S/C29H22/c1-19-11-15-23-24-16-12-20(2)18-28(24)29(27(23)17-19)25-9-5-3-7-21(25)13-14-22-8-4-6-10-26(22)29/h3-18H,1-2H3. The molecule has 0 amide bonds. The van der Waals surface area contributed by atoms with E-state index in [0.29, 0.717) is 0 Å². The Balaban J connectivity index is 1.89. The molecule has 0 fully saturated rings. The highest BCUT2D eigenvalue weighted by Gasteiger charge is 2.48. The Bertz CT molecular complexity index is 1220. The van der Waals surface area contributed by atoms with E-state index in [1.807, 2.05) is 0 Å². The van der Waals surface area contributed by atoms with Crippen molar-refractivity contribution in [1.82, 2.24) is 0 Å². The Morgan fingerprint density at radius 3 is 1.41 bits per heavy atom. The van der Waals surface area contributed by atoms with Crippen LogP contribution in [-0.4, -0.2) is 0 Å². The van der Waals surface area contributed by atoms with Crippen LogP contribution in [0.1, 0.15) is 44.5 Å². The molecule has 138 valence electrons. The number of hydrogen-bond acceptors (Lipinski definition) is 0. The summed E-state index contributed by atoms with van der Waals surface area (Å²) in [4.78, 5) is 0. The van der Waals surface area contributed by atoms with E-state index in [-0.39, 0.29) is 5.41 Å². The van der Waals surface area contributed by atoms with Crippen LogP contribution in [0.5, 0.6) is 0 Å². The van der Waals surface area contributed by atoms with Crippen molar-refractivity contribution in [2.45, 2.75) is 19.3 Å². The third kappa shape index (κ3) is 2.09. The van der Waals surface area contributed by atoms with Gasteiger partial charge < -0.3 is 0 Å². The second kappa shape index (κ2) is 5.81. The summed E-state index contributed by atoms with van der Waals surface area (Å²) in [5.41, 5.74) is 13.2. The van der Waals surface area contributed by atoms with Crippen molar-refractivity contribution in [3.05, 3.63) is 129 Å². The van der Waals surface area contributed by atoms with Gasteiger partial charge in [0.05, 0.1) is 5.41 Å². The van der Waals surface area contributed by atoms with E-state index >= 15 is 0 Å². The van der Waals surface area contributed by atoms with Gasteiger partial charge in [-0.2, -0.15) is 0 Å². The molecule has 1 spiro atoms. The molecule has 0 saturated carbocycles. The zero-order valence-corrected chi connectivity index (χ0v) is 16.7. The molecule has 6 rings (SSSR count). The normalized spacial score (nSPS) is 14.7. The lowest BCUT2D eigenvalue weighted by atomic mass is 9.66. The first-order chi connectivity index (χ1) is 14.2. The monoisotopic (exact) mass is 370 g/mol. The molecule has 4 aromatic carbocycles. The van der Waals surface area contributed by atoms with Crippen molar-refractivity contribution >= 4 is 12.2 Å². The van der Waals surface area contributed by atoms with Crippen molar-refractivity contribution in [2.24, 2.45) is 0 Å². The lowest BCUT2D eigenvalue weighted by molar-refractivity contribution is 0.764. The Labute approximate surface area is 172 Å². The van der Waals surface area contributed by atoms with Crippen LogP contribution in [0.25, 0.3) is 23.3 Å². The Hall–Kier alpha value is -3.38. The molecular weight excluding hydrogens is 348 g/mol. The van der Waals surface area contributed by atoms with Gasteiger partial charge in [-0.05, 0) is 58.4 Å². The maximum Gasteiger partial charge on any atom is 0.0725 e. The van der Waals surface area contributed by atoms with E-state index in [1.165, 1.54) is 55.6 Å². The first kappa shape index (κ1) is 16.6. The Kier molecular flexibility index (Phi) is 3.32. The molecular formula is C29H22. The highest BCUT2D eigenvalue weighted by atomic mass is 14.5. The molecule has 0 aliphatic heterocycles. The Morgan fingerprint density at radius 2 is 0.931 bits per heavy atom. The van der Waals surface area contributed by atoms with Gasteiger partial charge in [0.1, 0.15) is 0 Å². The SMILES string of the molecule is Cc1ccc2c(c1)C1(c3ccccc3C=Cc3ccccc31)c1cc(C)ccc1-2. The summed E-state index contributed by atoms with van der Waals surface area (Å²) < 4.78 is 0. The largest absolute Gasteiger partial charge is 0.0725 e. The van der Waals surface area contributed by atoms with Crippen LogP contribution in [0.15, 0.2) is 84.9 Å². The second-order valence-electron chi connectivity index (χ2n) is 8.36. The smallest absolute Gasteiger partial charge is 0.0619 e. The van der Waals surface area contributed by atoms with Gasteiger partial charge in [0.25, 0.3) is 0 Å². The minimum Gasteiger partial charge on any atom is -0.0619 e. The molecule has 0 saturated heterocycles. The van der Waals surface area contributed by atoms with Crippen LogP contribution in [0.4, 0.5) is 0 Å². The molecule has 4 aromatic rings. The number of fused-ring (bicyclic) bond motifs is 9. The minimum absolute atomic E-state index is 0.292. The fourth-order valence-corrected chi connectivity index (χ4v) is 5.42. The van der Waals surface area contributed by atoms with Crippen LogP contribution in [-0.2, 0) is 5.41 Å². The minimum atomic E-state index is -0.292. The number of aryl methyl sites for hydroxylation is 2. The van der Waals surface area contributed by atoms with E-state index in [0.717, 1.165) is 0 Å². The summed E-state index contributed by atoms with van der Waals surface area (Å²) in [5.74, 6) is 0. The number of hydrogen-bond donors (Lipinski definition) is 0. The predicted octanol–water partition coefficient (Wildman–Crippen LogP) is 7.15. The van der Waals surface area contributed by atoms with E-state index in [1.54, 1.807) is 0 Å². The zero-order valence-electron chi connectivity index (χ0n) is 16.7. The van der Waals surface area contributed by atoms with Crippen molar-refractivity contribution in [3.8, 4) is 11.1 Å². The van der Waals surface area contributed by atoms with Crippen LogP contribution in [0, 0.1) is 13.8 Å². The maximum absolute atomic E-state index is 2.41. The molecule has 2 aliphatic carbocycles. The highest BCUT2D eigenvalue weighted by molar-refractivity contribution is 5.91. The molecule has 0 radical (unpaired) electrons. The van der Waals surface area contributed by atoms with E-state index in [9.17, 15) is 0 Å². The van der Waals surface area contributed by atoms with Gasteiger partial charge in [0.2, 0.25) is 0 Å². The summed E-state index contributed by atoms with van der Waals surface area (Å²) in [5, 5.41) is 0. The van der Waals surface area contributed by atoms with E-state index in [2.05, 4.69) is 111 Å². The summed E-state index contributed by atoms with van der Waals surface area (Å²) in [6, 6.07) is 31.8. The molecule has 29 heavy (non-hydrogen) atoms. The zero-order chi connectivity index (χ0) is 19.6. The number of rotatable bonds is 0. The van der Waals surface area contributed by atoms with Gasteiger partial charge in [-0.3, -0.25) is 0 Å². The summed E-state index contributed by atoms with van der Waals surface area (Å²) in [6.45, 7) is 4.41. The molecule has 0 heterocycles. The van der Waals surface area contributed by atoms with E-state index in [4.69, 9.17) is 0 Å². The third-order valence-corrected chi connectivity index (χ3v) is 6.62. The first-order valence-corrected chi connectivity index (χ1v) is 10.3. The average molecular weight is 370 g/mol. The summed E-state index contributed by atoms with van der Waals surface area (Å²) in [7, 11) is 0. The van der Waals surface area contributed by atoms with Crippen molar-refractivity contribution in [1.29, 1.82) is 0 Å². The first-order valence-electron chi connectivity index (χ1n) is 10.3. The molecule has 0 N–H and O–H groups in total. The van der Waals surface area contributed by atoms with Gasteiger partial charge in [-0.15, -0.1) is 0 Å². The van der Waals surface area contributed by atoms with Gasteiger partial charge in [-0.1, -0.05) is 108 Å². The maximum atomic E-state index is 2.41. The lowest BCUT2D eigenvalue weighted by Crippen LogP contribution is -2.30. The van der Waals surface area contributed by atoms with Crippen LogP contribution in [0.2, 0.25) is 0 Å². The summed E-state index contributed by atoms with van der Waals surface area (Å²) in [6.07, 6.45) is 4.57. The summed E-state index contributed by atoms with van der Waals surface area (Å²) >= 11 is 0. The van der Waals surface area contributed by atoms with Crippen molar-refractivity contribution in [2.75, 3.05) is 0 Å². The fraction of sp³-hybridized carbons (Fsp3) is 0.103. The molecule has 0 aromatic heterocycles. The van der Waals surface area contributed by atoms with Gasteiger partial charge >= 0.3 is 0 Å². The molecule has 0 unspecified atom stereocenters. The quantitative estimate of drug-likeness (QED) is 0.266. The number of benzene rings is 4. The molecule has 0 nitrogen and oxygen atoms in total. The van der Waals surface area contributed by atoms with Gasteiger partial charge in [0.15, 0.2) is 0 Å². The topological polar surface area (TPSA) is 0 Å². The molecule has 0 bridgehead atoms. The van der Waals surface area contributed by atoms with E-state index < -0.39 is 0 Å². The molecule has 0 heteroatoms. The van der Waals surface area contributed by atoms with Crippen LogP contribution >= 0.6 is 0 Å². The van der Waals surface area contributed by atoms with Gasteiger partial charge in [-0.25, -0.2) is 0 Å². The predicted molar refractivity (Wildman–Crippen MR) is 122 cm³/mol. The second-order valence-corrected chi connectivity index (χ2v) is 8.36. The van der Waals surface area contributed by atoms with Gasteiger partial charge in [0, 0.05) is 0 Å². The molecule has 2 aliphatic rings. The third-order valence-electron chi connectivity index (χ3n) is 6.62. The molecule has 0 atom stereocenters. The van der Waals surface area contributed by atoms with Crippen molar-refractivity contribution in [3.63, 3.8) is 0 Å². The highest BCUT2D eigenvalue weighted by Crippen LogP contribution is 2.58. The average Bonchev–Trinajstić information content (AvgIpc) is 2.92. The van der Waals surface area contributed by atoms with Crippen LogP contribution < -0.4 is 0 Å².